The molecule has 0 bridgehead atoms. The summed E-state index contributed by atoms with van der Waals surface area (Å²) in [6.45, 7) is 0.402. The van der Waals surface area contributed by atoms with Gasteiger partial charge >= 0.3 is 6.18 Å². The third-order valence-corrected chi connectivity index (χ3v) is 4.09. The van der Waals surface area contributed by atoms with Crippen LogP contribution in [0.4, 0.5) is 17.6 Å². The Morgan fingerprint density at radius 2 is 1.96 bits per heavy atom. The molecule has 23 heavy (non-hydrogen) atoms. The summed E-state index contributed by atoms with van der Waals surface area (Å²) < 4.78 is 53.6. The van der Waals surface area contributed by atoms with Crippen molar-refractivity contribution in [2.75, 3.05) is 6.54 Å². The van der Waals surface area contributed by atoms with Crippen molar-refractivity contribution in [2.45, 2.75) is 23.5 Å². The maximum atomic E-state index is 13.2. The molecule has 2 N–H and O–H groups in total. The van der Waals surface area contributed by atoms with Gasteiger partial charge < -0.3 is 10.3 Å². The van der Waals surface area contributed by atoms with Crippen LogP contribution in [-0.2, 0) is 25.4 Å². The molecule has 1 heterocycles. The predicted octanol–water partition coefficient (Wildman–Crippen LogP) is 3.19. The van der Waals surface area contributed by atoms with Gasteiger partial charge in [0.05, 0.1) is 5.56 Å². The molecule has 0 atom stereocenters. The van der Waals surface area contributed by atoms with Crippen molar-refractivity contribution in [3.8, 4) is 0 Å². The Labute approximate surface area is 140 Å². The third-order valence-electron chi connectivity index (χ3n) is 3.02. The molecule has 0 aliphatic heterocycles. The summed E-state index contributed by atoms with van der Waals surface area (Å²) in [5, 5.41) is 8.29. The lowest BCUT2D eigenvalue weighted by Gasteiger charge is -2.12. The lowest BCUT2D eigenvalue weighted by Crippen LogP contribution is -2.09. The van der Waals surface area contributed by atoms with E-state index in [0.717, 1.165) is 30.0 Å². The number of rotatable bonds is 5. The molecule has 0 saturated heterocycles. The van der Waals surface area contributed by atoms with Gasteiger partial charge in [-0.1, -0.05) is 11.8 Å². The van der Waals surface area contributed by atoms with Gasteiger partial charge in [-0.15, -0.1) is 22.6 Å². The highest BCUT2D eigenvalue weighted by Gasteiger charge is 2.33. The number of alkyl halides is 3. The van der Waals surface area contributed by atoms with E-state index in [4.69, 9.17) is 5.73 Å². The molecule has 0 saturated carbocycles. The molecule has 2 rings (SSSR count). The summed E-state index contributed by atoms with van der Waals surface area (Å²) in [6.07, 6.45) is -3.99. The maximum Gasteiger partial charge on any atom is 0.416 e. The Hall–Kier alpha value is -1.32. The van der Waals surface area contributed by atoms with Crippen LogP contribution in [0, 0.1) is 5.82 Å². The van der Waals surface area contributed by atoms with Crippen LogP contribution in [0.1, 0.15) is 17.0 Å². The van der Waals surface area contributed by atoms with Crippen LogP contribution >= 0.6 is 24.2 Å². The number of halogens is 5. The van der Waals surface area contributed by atoms with Crippen molar-refractivity contribution in [2.24, 2.45) is 12.8 Å². The van der Waals surface area contributed by atoms with E-state index in [-0.39, 0.29) is 23.7 Å². The van der Waals surface area contributed by atoms with E-state index in [0.29, 0.717) is 23.9 Å². The van der Waals surface area contributed by atoms with Crippen LogP contribution in [0.25, 0.3) is 0 Å². The molecule has 1 aromatic heterocycles. The van der Waals surface area contributed by atoms with Crippen LogP contribution < -0.4 is 5.73 Å². The molecule has 0 spiro atoms. The lowest BCUT2D eigenvalue weighted by atomic mass is 10.1. The average Bonchev–Trinajstić information content (AvgIpc) is 2.77. The van der Waals surface area contributed by atoms with Crippen molar-refractivity contribution in [1.82, 2.24) is 14.8 Å². The van der Waals surface area contributed by atoms with Gasteiger partial charge in [0.15, 0.2) is 5.16 Å². The first-order chi connectivity index (χ1) is 10.3. The van der Waals surface area contributed by atoms with Gasteiger partial charge in [0.2, 0.25) is 0 Å². The Morgan fingerprint density at radius 1 is 1.26 bits per heavy atom. The van der Waals surface area contributed by atoms with Crippen molar-refractivity contribution >= 4 is 24.2 Å². The Kier molecular flexibility index (Phi) is 6.84. The predicted molar refractivity (Wildman–Crippen MR) is 82.0 cm³/mol. The fourth-order valence-corrected chi connectivity index (χ4v) is 2.84. The summed E-state index contributed by atoms with van der Waals surface area (Å²) in [5.74, 6) is -0.105. The third kappa shape index (κ3) is 4.82. The zero-order valence-corrected chi connectivity index (χ0v) is 13.7. The van der Waals surface area contributed by atoms with Gasteiger partial charge in [-0.2, -0.15) is 13.2 Å². The van der Waals surface area contributed by atoms with Crippen molar-refractivity contribution < 1.29 is 17.6 Å². The van der Waals surface area contributed by atoms with E-state index >= 15 is 0 Å². The molecule has 0 amide bonds. The second kappa shape index (κ2) is 7.98. The highest BCUT2D eigenvalue weighted by Crippen LogP contribution is 2.35. The molecule has 0 aliphatic rings. The first-order valence-corrected chi connectivity index (χ1v) is 7.38. The summed E-state index contributed by atoms with van der Waals surface area (Å²) in [5.41, 5.74) is 4.47. The van der Waals surface area contributed by atoms with Crippen LogP contribution in [0.15, 0.2) is 23.4 Å². The van der Waals surface area contributed by atoms with Crippen LogP contribution in [0.2, 0.25) is 0 Å². The number of hydrogen-bond donors (Lipinski definition) is 1. The summed E-state index contributed by atoms with van der Waals surface area (Å²) in [4.78, 5) is 0. The Bertz CT molecular complexity index is 660. The molecular formula is C13H15ClF4N4S. The number of aromatic nitrogens is 3. The van der Waals surface area contributed by atoms with Crippen LogP contribution in [0.5, 0.6) is 0 Å². The molecule has 2 aromatic rings. The van der Waals surface area contributed by atoms with Crippen molar-refractivity contribution in [1.29, 1.82) is 0 Å². The minimum absolute atomic E-state index is 0. The van der Waals surface area contributed by atoms with Gasteiger partial charge in [0.25, 0.3) is 0 Å². The standard InChI is InChI=1S/C13H14F4N4S.ClH/c1-21-11(4-5-18)19-20-12(21)22-7-8-6-9(14)2-3-10(8)13(15,16)17;/h2-3,6H,4-5,7,18H2,1H3;1H. The molecular weight excluding hydrogens is 356 g/mol. The number of benzene rings is 1. The fourth-order valence-electron chi connectivity index (χ4n) is 1.92. The van der Waals surface area contributed by atoms with Gasteiger partial charge in [0.1, 0.15) is 11.6 Å². The second-order valence-electron chi connectivity index (χ2n) is 4.58. The molecule has 0 unspecified atom stereocenters. The molecule has 1 aromatic carbocycles. The molecule has 4 nitrogen and oxygen atoms in total. The Morgan fingerprint density at radius 3 is 2.57 bits per heavy atom. The normalized spacial score (nSPS) is 11.4. The zero-order chi connectivity index (χ0) is 16.3. The van der Waals surface area contributed by atoms with Gasteiger partial charge in [-0.25, -0.2) is 4.39 Å². The molecule has 128 valence electrons. The summed E-state index contributed by atoms with van der Waals surface area (Å²) in [7, 11) is 1.71. The number of hydrogen-bond acceptors (Lipinski definition) is 4. The van der Waals surface area contributed by atoms with E-state index in [2.05, 4.69) is 10.2 Å². The SMILES string of the molecule is Cl.Cn1c(CCN)nnc1SCc1cc(F)ccc1C(F)(F)F. The van der Waals surface area contributed by atoms with Gasteiger partial charge in [-0.3, -0.25) is 0 Å². The smallest absolute Gasteiger partial charge is 0.330 e. The minimum Gasteiger partial charge on any atom is -0.330 e. The fraction of sp³-hybridized carbons (Fsp3) is 0.385. The zero-order valence-electron chi connectivity index (χ0n) is 12.1. The average molecular weight is 371 g/mol. The highest BCUT2D eigenvalue weighted by molar-refractivity contribution is 7.98. The largest absolute Gasteiger partial charge is 0.416 e. The maximum absolute atomic E-state index is 13.2. The minimum atomic E-state index is -4.52. The molecule has 0 aliphatic carbocycles. The van der Waals surface area contributed by atoms with Crippen molar-refractivity contribution in [3.63, 3.8) is 0 Å². The summed E-state index contributed by atoms with van der Waals surface area (Å²) in [6, 6.07) is 2.45. The summed E-state index contributed by atoms with van der Waals surface area (Å²) >= 11 is 1.07. The number of nitrogens with two attached hydrogens (primary N) is 1. The first kappa shape index (κ1) is 19.7. The van der Waals surface area contributed by atoms with E-state index < -0.39 is 17.6 Å². The first-order valence-electron chi connectivity index (χ1n) is 6.39. The number of nitrogens with zero attached hydrogens (tertiary/aromatic N) is 3. The van der Waals surface area contributed by atoms with Crippen LogP contribution in [0.3, 0.4) is 0 Å². The molecule has 0 radical (unpaired) electrons. The van der Waals surface area contributed by atoms with Gasteiger partial charge in [-0.05, 0) is 30.3 Å². The number of thioether (sulfide) groups is 1. The second-order valence-corrected chi connectivity index (χ2v) is 5.53. The van der Waals surface area contributed by atoms with E-state index in [1.54, 1.807) is 11.6 Å². The lowest BCUT2D eigenvalue weighted by molar-refractivity contribution is -0.138. The molecule has 0 fully saturated rings. The van der Waals surface area contributed by atoms with Crippen molar-refractivity contribution in [3.05, 3.63) is 41.0 Å². The van der Waals surface area contributed by atoms with E-state index in [1.165, 1.54) is 0 Å². The highest BCUT2D eigenvalue weighted by atomic mass is 35.5. The monoisotopic (exact) mass is 370 g/mol. The Balaban J connectivity index is 0.00000264. The quantitative estimate of drug-likeness (QED) is 0.648. The molecule has 10 heteroatoms. The van der Waals surface area contributed by atoms with E-state index in [1.807, 2.05) is 0 Å². The topological polar surface area (TPSA) is 56.7 Å². The van der Waals surface area contributed by atoms with Gasteiger partial charge in [0, 0.05) is 19.2 Å². The van der Waals surface area contributed by atoms with E-state index in [9.17, 15) is 17.6 Å². The van der Waals surface area contributed by atoms with Crippen LogP contribution in [-0.4, -0.2) is 21.3 Å².